The molecule has 11 aromatic rings. The minimum absolute atomic E-state index is 0.785. The van der Waals surface area contributed by atoms with Gasteiger partial charge in [-0.3, -0.25) is 0 Å². The fourth-order valence-electron chi connectivity index (χ4n) is 8.75. The van der Waals surface area contributed by atoms with Crippen molar-refractivity contribution < 1.29 is 4.74 Å². The Kier molecular flexibility index (Phi) is 9.18. The molecule has 0 N–H and O–H groups in total. The van der Waals surface area contributed by atoms with Gasteiger partial charge in [0.2, 0.25) is 0 Å². The van der Waals surface area contributed by atoms with Gasteiger partial charge in [-0.25, -0.2) is 0 Å². The Morgan fingerprint density at radius 2 is 0.869 bits per heavy atom. The van der Waals surface area contributed by atoms with E-state index in [2.05, 4.69) is 240 Å². The number of nitrogens with zero attached hydrogens (tertiary/aromatic N) is 2. The molecule has 0 aliphatic rings. The van der Waals surface area contributed by atoms with E-state index in [1.165, 1.54) is 43.9 Å². The highest BCUT2D eigenvalue weighted by Crippen LogP contribution is 2.43. The number of fused-ring (bicyclic) bond motifs is 4. The average molecular weight is 781 g/mol. The minimum atomic E-state index is 0.785. The molecule has 0 radical (unpaired) electrons. The van der Waals surface area contributed by atoms with Crippen LogP contribution in [0.25, 0.3) is 71.6 Å². The topological polar surface area (TPSA) is 17.4 Å². The molecule has 0 aliphatic heterocycles. The summed E-state index contributed by atoms with van der Waals surface area (Å²) in [6.45, 7) is 0. The van der Waals surface area contributed by atoms with E-state index in [4.69, 9.17) is 4.74 Å². The summed E-state index contributed by atoms with van der Waals surface area (Å²) in [4.78, 5) is 2.36. The molecule has 10 aromatic carbocycles. The van der Waals surface area contributed by atoms with Gasteiger partial charge in [-0.2, -0.15) is 0 Å². The predicted octanol–water partition coefficient (Wildman–Crippen LogP) is 16.2. The fourth-order valence-corrected chi connectivity index (χ4v) is 8.75. The molecule has 0 bridgehead atoms. The standard InChI is InChI=1S/C58H40N2O/c1-2-15-41(16-3-1)43-29-34-47(35-30-43)59(55-25-10-7-22-52(55)46-19-14-20-49(40-46)61-50-38-33-42-17-4-5-18-45(42)39-50)48-36-31-44(32-37-48)51-21-6-11-26-56(51)60-57-27-12-8-23-53(57)54-24-9-13-28-58(54)60/h1-40H. The number of hydrogen-bond acceptors (Lipinski definition) is 2. The van der Waals surface area contributed by atoms with E-state index in [1.807, 2.05) is 12.1 Å². The summed E-state index contributed by atoms with van der Waals surface area (Å²) in [5, 5.41) is 4.84. The molecule has 288 valence electrons. The molecule has 0 spiro atoms. The number of benzene rings is 10. The second kappa shape index (κ2) is 15.6. The first-order valence-electron chi connectivity index (χ1n) is 20.7. The molecule has 1 heterocycles. The lowest BCUT2D eigenvalue weighted by molar-refractivity contribution is 0.483. The quantitative estimate of drug-likeness (QED) is 0.145. The first-order chi connectivity index (χ1) is 30.2. The largest absolute Gasteiger partial charge is 0.457 e. The van der Waals surface area contributed by atoms with Crippen LogP contribution in [0.2, 0.25) is 0 Å². The molecule has 0 saturated heterocycles. The average Bonchev–Trinajstić information content (AvgIpc) is 3.67. The Morgan fingerprint density at radius 3 is 1.61 bits per heavy atom. The van der Waals surface area contributed by atoms with E-state index in [1.54, 1.807) is 0 Å². The molecule has 1 aromatic heterocycles. The number of para-hydroxylation sites is 4. The van der Waals surface area contributed by atoms with Crippen LogP contribution in [0.3, 0.4) is 0 Å². The van der Waals surface area contributed by atoms with Crippen molar-refractivity contribution >= 4 is 49.6 Å². The Hall–Kier alpha value is -8.14. The van der Waals surface area contributed by atoms with Gasteiger partial charge in [-0.15, -0.1) is 0 Å². The van der Waals surface area contributed by atoms with Gasteiger partial charge in [0, 0.05) is 33.3 Å². The maximum absolute atomic E-state index is 6.50. The normalized spacial score (nSPS) is 11.3. The lowest BCUT2D eigenvalue weighted by Crippen LogP contribution is -2.11. The van der Waals surface area contributed by atoms with Crippen molar-refractivity contribution in [3.63, 3.8) is 0 Å². The molecule has 0 fully saturated rings. The lowest BCUT2D eigenvalue weighted by Gasteiger charge is -2.28. The van der Waals surface area contributed by atoms with Crippen molar-refractivity contribution in [3.05, 3.63) is 243 Å². The zero-order chi connectivity index (χ0) is 40.5. The zero-order valence-electron chi connectivity index (χ0n) is 33.4. The summed E-state index contributed by atoms with van der Waals surface area (Å²) >= 11 is 0. The van der Waals surface area contributed by atoms with Gasteiger partial charge in [0.05, 0.1) is 22.4 Å². The molecule has 0 amide bonds. The Labute approximate surface area is 355 Å². The van der Waals surface area contributed by atoms with Crippen molar-refractivity contribution in [2.45, 2.75) is 0 Å². The summed E-state index contributed by atoms with van der Waals surface area (Å²) in [7, 11) is 0. The third-order valence-electron chi connectivity index (χ3n) is 11.6. The second-order valence-electron chi connectivity index (χ2n) is 15.3. The molecule has 0 unspecified atom stereocenters. The van der Waals surface area contributed by atoms with E-state index in [9.17, 15) is 0 Å². The van der Waals surface area contributed by atoms with E-state index in [-0.39, 0.29) is 0 Å². The van der Waals surface area contributed by atoms with Gasteiger partial charge in [0.25, 0.3) is 0 Å². The van der Waals surface area contributed by atoms with Crippen LogP contribution in [0.1, 0.15) is 0 Å². The van der Waals surface area contributed by atoms with Crippen molar-refractivity contribution in [1.29, 1.82) is 0 Å². The number of aromatic nitrogens is 1. The second-order valence-corrected chi connectivity index (χ2v) is 15.3. The molecular formula is C58H40N2O. The highest BCUT2D eigenvalue weighted by molar-refractivity contribution is 6.09. The van der Waals surface area contributed by atoms with Crippen molar-refractivity contribution in [1.82, 2.24) is 4.57 Å². The predicted molar refractivity (Wildman–Crippen MR) is 256 cm³/mol. The minimum Gasteiger partial charge on any atom is -0.457 e. The Bertz CT molecular complexity index is 3280. The molecular weight excluding hydrogens is 741 g/mol. The van der Waals surface area contributed by atoms with Crippen molar-refractivity contribution in [2.75, 3.05) is 4.90 Å². The van der Waals surface area contributed by atoms with E-state index < -0.39 is 0 Å². The van der Waals surface area contributed by atoms with Crippen LogP contribution in [0, 0.1) is 0 Å². The monoisotopic (exact) mass is 780 g/mol. The number of hydrogen-bond donors (Lipinski definition) is 0. The molecule has 11 rings (SSSR count). The number of rotatable bonds is 9. The van der Waals surface area contributed by atoms with Crippen LogP contribution in [0.4, 0.5) is 17.1 Å². The van der Waals surface area contributed by atoms with Crippen LogP contribution in [0.15, 0.2) is 243 Å². The van der Waals surface area contributed by atoms with Crippen LogP contribution in [0.5, 0.6) is 11.5 Å². The highest BCUT2D eigenvalue weighted by atomic mass is 16.5. The third kappa shape index (κ3) is 6.78. The lowest BCUT2D eigenvalue weighted by atomic mass is 9.99. The van der Waals surface area contributed by atoms with Crippen LogP contribution in [-0.2, 0) is 0 Å². The third-order valence-corrected chi connectivity index (χ3v) is 11.6. The van der Waals surface area contributed by atoms with E-state index in [0.29, 0.717) is 0 Å². The first kappa shape index (κ1) is 36.0. The Morgan fingerprint density at radius 1 is 0.328 bits per heavy atom. The fraction of sp³-hybridized carbons (Fsp3) is 0. The summed E-state index contributed by atoms with van der Waals surface area (Å²) < 4.78 is 8.90. The summed E-state index contributed by atoms with van der Waals surface area (Å²) in [6.07, 6.45) is 0. The highest BCUT2D eigenvalue weighted by Gasteiger charge is 2.19. The summed E-state index contributed by atoms with van der Waals surface area (Å²) in [5.41, 5.74) is 13.6. The van der Waals surface area contributed by atoms with E-state index >= 15 is 0 Å². The van der Waals surface area contributed by atoms with Gasteiger partial charge >= 0.3 is 0 Å². The summed E-state index contributed by atoms with van der Waals surface area (Å²) in [6, 6.07) is 86.2. The maximum Gasteiger partial charge on any atom is 0.128 e. The number of ether oxygens (including phenoxy) is 1. The molecule has 3 nitrogen and oxygen atoms in total. The Balaban J connectivity index is 1.00. The molecule has 3 heteroatoms. The SMILES string of the molecule is c1ccc(-c2ccc(N(c3ccc(-c4ccccc4-n4c5ccccc5c5ccccc54)cc3)c3ccccc3-c3cccc(Oc4ccc5ccccc5c4)c3)cc2)cc1. The van der Waals surface area contributed by atoms with Crippen LogP contribution in [-0.4, -0.2) is 4.57 Å². The smallest absolute Gasteiger partial charge is 0.128 e. The first-order valence-corrected chi connectivity index (χ1v) is 20.7. The van der Waals surface area contributed by atoms with Crippen LogP contribution >= 0.6 is 0 Å². The van der Waals surface area contributed by atoms with Gasteiger partial charge in [-0.1, -0.05) is 170 Å². The zero-order valence-corrected chi connectivity index (χ0v) is 33.4. The molecule has 0 saturated carbocycles. The van der Waals surface area contributed by atoms with E-state index in [0.717, 1.165) is 56.3 Å². The van der Waals surface area contributed by atoms with Crippen molar-refractivity contribution in [3.8, 4) is 50.6 Å². The van der Waals surface area contributed by atoms with Crippen molar-refractivity contribution in [2.24, 2.45) is 0 Å². The van der Waals surface area contributed by atoms with Gasteiger partial charge in [0.1, 0.15) is 11.5 Å². The molecule has 61 heavy (non-hydrogen) atoms. The molecule has 0 atom stereocenters. The van der Waals surface area contributed by atoms with Gasteiger partial charge in [-0.05, 0) is 106 Å². The van der Waals surface area contributed by atoms with Gasteiger partial charge < -0.3 is 14.2 Å². The maximum atomic E-state index is 6.50. The number of anilines is 3. The molecule has 0 aliphatic carbocycles. The summed E-state index contributed by atoms with van der Waals surface area (Å²) in [5.74, 6) is 1.59. The van der Waals surface area contributed by atoms with Crippen LogP contribution < -0.4 is 9.64 Å². The van der Waals surface area contributed by atoms with Gasteiger partial charge in [0.15, 0.2) is 0 Å².